The van der Waals surface area contributed by atoms with Gasteiger partial charge in [0, 0.05) is 31.0 Å². The number of hydrogen-bond acceptors (Lipinski definition) is 9. The van der Waals surface area contributed by atoms with Gasteiger partial charge >= 0.3 is 11.9 Å². The Morgan fingerprint density at radius 2 is 1.23 bits per heavy atom. The zero-order valence-electron chi connectivity index (χ0n) is 31.7. The van der Waals surface area contributed by atoms with E-state index in [1.807, 2.05) is 103 Å². The molecule has 280 valence electrons. The third-order valence-electron chi connectivity index (χ3n) is 12.8. The SMILES string of the molecule is COC(=O)[C@@]12CCC3(SCCS3)[C@]1(C)C(=O)N([C@H](C)c1ccccc1)C2.C[C@H](c1ccccc1)N1C[C@]2(C(=O)OC(C)(C)C)CCC(=O)[C@]2(C)C1=O. The molecule has 2 amide bonds. The van der Waals surface area contributed by atoms with Crippen molar-refractivity contribution in [3.05, 3.63) is 71.8 Å². The van der Waals surface area contributed by atoms with Gasteiger partial charge in [-0.1, -0.05) is 60.7 Å². The van der Waals surface area contributed by atoms with Crippen molar-refractivity contribution in [1.82, 2.24) is 9.80 Å². The molecule has 7 rings (SSSR count). The summed E-state index contributed by atoms with van der Waals surface area (Å²) in [7, 11) is 1.45. The lowest BCUT2D eigenvalue weighted by Crippen LogP contribution is -2.51. The van der Waals surface area contributed by atoms with Gasteiger partial charge in [-0.2, -0.15) is 0 Å². The number of thioether (sulfide) groups is 2. The highest BCUT2D eigenvalue weighted by Crippen LogP contribution is 2.73. The zero-order valence-corrected chi connectivity index (χ0v) is 33.3. The third-order valence-corrected chi connectivity index (χ3v) is 16.7. The van der Waals surface area contributed by atoms with Crippen molar-refractivity contribution in [2.45, 2.75) is 95.9 Å². The van der Waals surface area contributed by atoms with Crippen molar-refractivity contribution < 1.29 is 33.4 Å². The first kappa shape index (κ1) is 38.4. The van der Waals surface area contributed by atoms with Gasteiger partial charge in [0.15, 0.2) is 0 Å². The number of amides is 2. The molecule has 3 aliphatic heterocycles. The van der Waals surface area contributed by atoms with Crippen LogP contribution in [0.25, 0.3) is 0 Å². The number of ketones is 1. The number of nitrogens with zero attached hydrogens (tertiary/aromatic N) is 2. The molecule has 0 radical (unpaired) electrons. The lowest BCUT2D eigenvalue weighted by atomic mass is 9.68. The molecule has 0 aromatic heterocycles. The molecule has 3 saturated heterocycles. The van der Waals surface area contributed by atoms with E-state index in [2.05, 4.69) is 6.92 Å². The van der Waals surface area contributed by atoms with Gasteiger partial charge in [-0.15, -0.1) is 23.5 Å². The van der Waals surface area contributed by atoms with Crippen molar-refractivity contribution in [3.8, 4) is 0 Å². The van der Waals surface area contributed by atoms with E-state index in [0.29, 0.717) is 13.0 Å². The van der Waals surface area contributed by atoms with E-state index in [-0.39, 0.29) is 52.7 Å². The van der Waals surface area contributed by atoms with Crippen LogP contribution in [0, 0.1) is 21.7 Å². The Labute approximate surface area is 316 Å². The highest BCUT2D eigenvalue weighted by Gasteiger charge is 2.78. The smallest absolute Gasteiger partial charge is 0.315 e. The summed E-state index contributed by atoms with van der Waals surface area (Å²) in [6, 6.07) is 19.5. The maximum absolute atomic E-state index is 13.8. The fourth-order valence-electron chi connectivity index (χ4n) is 9.45. The number of esters is 2. The second-order valence-electron chi connectivity index (χ2n) is 16.3. The van der Waals surface area contributed by atoms with Crippen LogP contribution < -0.4 is 0 Å². The van der Waals surface area contributed by atoms with Gasteiger partial charge in [0.05, 0.1) is 28.7 Å². The van der Waals surface area contributed by atoms with Gasteiger partial charge in [0.25, 0.3) is 0 Å². The van der Waals surface area contributed by atoms with Crippen LogP contribution in [0.15, 0.2) is 60.7 Å². The first-order valence-corrected chi connectivity index (χ1v) is 20.3. The predicted octanol–water partition coefficient (Wildman–Crippen LogP) is 7.01. The molecule has 2 aromatic carbocycles. The van der Waals surface area contributed by atoms with Crippen LogP contribution in [0.2, 0.25) is 0 Å². The van der Waals surface area contributed by atoms with Crippen molar-refractivity contribution in [2.75, 3.05) is 31.7 Å². The lowest BCUT2D eigenvalue weighted by Gasteiger charge is -2.41. The average molecular weight is 749 g/mol. The van der Waals surface area contributed by atoms with Gasteiger partial charge in [-0.3, -0.25) is 24.0 Å². The molecule has 9 nitrogen and oxygen atoms in total. The Balaban J connectivity index is 0.000000179. The molecule has 5 aliphatic rings. The van der Waals surface area contributed by atoms with Crippen molar-refractivity contribution in [3.63, 3.8) is 0 Å². The van der Waals surface area contributed by atoms with Crippen LogP contribution in [0.4, 0.5) is 0 Å². The Kier molecular flexibility index (Phi) is 9.99. The number of Topliss-reactive ketones (excluding diaryl/α,β-unsaturated/α-hetero) is 1. The molecule has 5 fully saturated rings. The molecule has 3 heterocycles. The largest absolute Gasteiger partial charge is 0.469 e. The minimum Gasteiger partial charge on any atom is -0.469 e. The number of carbonyl (C=O) groups excluding carboxylic acids is 5. The van der Waals surface area contributed by atoms with E-state index in [4.69, 9.17) is 9.47 Å². The first-order valence-electron chi connectivity index (χ1n) is 18.3. The summed E-state index contributed by atoms with van der Waals surface area (Å²) >= 11 is 3.75. The summed E-state index contributed by atoms with van der Waals surface area (Å²) in [5.74, 6) is 1.12. The highest BCUT2D eigenvalue weighted by molar-refractivity contribution is 8.21. The summed E-state index contributed by atoms with van der Waals surface area (Å²) in [4.78, 5) is 69.5. The molecule has 2 aliphatic carbocycles. The molecule has 0 N–H and O–H groups in total. The van der Waals surface area contributed by atoms with E-state index in [9.17, 15) is 24.0 Å². The number of hydrogen-bond donors (Lipinski definition) is 0. The number of carbonyl (C=O) groups is 5. The second-order valence-corrected chi connectivity index (χ2v) is 19.4. The van der Waals surface area contributed by atoms with Gasteiger partial charge in [-0.05, 0) is 78.9 Å². The van der Waals surface area contributed by atoms with E-state index in [0.717, 1.165) is 35.5 Å². The first-order chi connectivity index (χ1) is 24.4. The number of methoxy groups -OCH3 is 1. The Hall–Kier alpha value is -3.31. The summed E-state index contributed by atoms with van der Waals surface area (Å²) in [6.07, 6.45) is 2.23. The molecular weight excluding hydrogens is 697 g/mol. The second kappa shape index (κ2) is 13.5. The van der Waals surface area contributed by atoms with Crippen LogP contribution in [-0.2, 0) is 33.4 Å². The maximum atomic E-state index is 13.8. The van der Waals surface area contributed by atoms with Gasteiger partial charge in [0.2, 0.25) is 11.8 Å². The molecule has 2 saturated carbocycles. The number of benzene rings is 2. The Morgan fingerprint density at radius 3 is 1.73 bits per heavy atom. The monoisotopic (exact) mass is 748 g/mol. The quantitative estimate of drug-likeness (QED) is 0.228. The van der Waals surface area contributed by atoms with Gasteiger partial charge in [-0.25, -0.2) is 0 Å². The molecule has 6 atom stereocenters. The summed E-state index contributed by atoms with van der Waals surface area (Å²) in [5, 5.41) is 0. The van der Waals surface area contributed by atoms with E-state index in [1.165, 1.54) is 7.11 Å². The minimum atomic E-state index is -1.33. The summed E-state index contributed by atoms with van der Waals surface area (Å²) < 4.78 is 10.7. The Morgan fingerprint density at radius 1 is 0.731 bits per heavy atom. The highest BCUT2D eigenvalue weighted by atomic mass is 32.2. The minimum absolute atomic E-state index is 0.0545. The van der Waals surface area contributed by atoms with Crippen LogP contribution in [-0.4, -0.2) is 80.7 Å². The van der Waals surface area contributed by atoms with Crippen LogP contribution >= 0.6 is 23.5 Å². The predicted molar refractivity (Wildman–Crippen MR) is 203 cm³/mol. The van der Waals surface area contributed by atoms with E-state index >= 15 is 0 Å². The number of fused-ring (bicyclic) bond motifs is 3. The zero-order chi connectivity index (χ0) is 37.9. The third kappa shape index (κ3) is 5.54. The van der Waals surface area contributed by atoms with Crippen LogP contribution in [0.1, 0.15) is 97.4 Å². The average Bonchev–Trinajstić information content (AvgIpc) is 3.89. The van der Waals surface area contributed by atoms with Crippen LogP contribution in [0.3, 0.4) is 0 Å². The molecule has 0 unspecified atom stereocenters. The molecule has 11 heteroatoms. The lowest BCUT2D eigenvalue weighted by molar-refractivity contribution is -0.173. The standard InChI is InChI=1S/C21H27NO4.C20H25NO3S2/c1-14(15-9-7-6-8-10-15)22-13-21(18(25)26-19(2,3)4)12-11-16(23)20(21,5)17(22)24;1-14(15-7-5-4-6-8-15)21-13-19(17(23)24-3)9-10-20(25-11-12-26-20)18(19,2)16(21)22/h6-10,14H,11-13H2,1-5H3;4-8,14H,9-13H2,1-3H3/t14-,20-,21+;14-,18-,19+/m11/s1. The maximum Gasteiger partial charge on any atom is 0.315 e. The van der Waals surface area contributed by atoms with Crippen molar-refractivity contribution in [2.24, 2.45) is 21.7 Å². The van der Waals surface area contributed by atoms with E-state index in [1.54, 1.807) is 32.6 Å². The molecule has 0 bridgehead atoms. The summed E-state index contributed by atoms with van der Waals surface area (Å²) in [5.41, 5.74) is -2.48. The number of rotatable bonds is 6. The number of ether oxygens (including phenoxy) is 2. The van der Waals surface area contributed by atoms with Crippen molar-refractivity contribution in [1.29, 1.82) is 0 Å². The van der Waals surface area contributed by atoms with Gasteiger partial charge in [0.1, 0.15) is 27.6 Å². The molecule has 52 heavy (non-hydrogen) atoms. The normalized spacial score (nSPS) is 31.6. The molecular formula is C41H52N2O7S2. The van der Waals surface area contributed by atoms with Crippen molar-refractivity contribution >= 4 is 53.1 Å². The topological polar surface area (TPSA) is 110 Å². The van der Waals surface area contributed by atoms with E-state index < -0.39 is 33.2 Å². The van der Waals surface area contributed by atoms with Crippen LogP contribution in [0.5, 0.6) is 0 Å². The fourth-order valence-corrected chi connectivity index (χ4v) is 13.2. The Bertz CT molecular complexity index is 1740. The number of likely N-dealkylation sites (tertiary alicyclic amines) is 2. The summed E-state index contributed by atoms with van der Waals surface area (Å²) in [6.45, 7) is 13.7. The molecule has 2 aromatic rings. The molecule has 1 spiro atoms. The fraction of sp³-hybridized carbons (Fsp3) is 0.585. The van der Waals surface area contributed by atoms with Gasteiger partial charge < -0.3 is 19.3 Å².